The number of hydrogen-bond donors (Lipinski definition) is 1. The van der Waals surface area contributed by atoms with Crippen LogP contribution in [0.4, 0.5) is 11.5 Å². The number of amides is 1. The van der Waals surface area contributed by atoms with Crippen LogP contribution in [0.2, 0.25) is 0 Å². The summed E-state index contributed by atoms with van der Waals surface area (Å²) in [5.74, 6) is 2.70. The van der Waals surface area contributed by atoms with Crippen LogP contribution in [0.5, 0.6) is 11.5 Å². The average Bonchev–Trinajstić information content (AvgIpc) is 3.70. The molecular formula is C32H35N9O2. The minimum Gasteiger partial charge on any atom is -0.457 e. The van der Waals surface area contributed by atoms with Gasteiger partial charge < -0.3 is 19.9 Å². The normalized spacial score (nSPS) is 20.1. The predicted molar refractivity (Wildman–Crippen MR) is 164 cm³/mol. The van der Waals surface area contributed by atoms with Crippen molar-refractivity contribution in [1.82, 2.24) is 39.0 Å². The Balaban J connectivity index is 1.09. The average molecular weight is 578 g/mol. The molecule has 0 spiro atoms. The van der Waals surface area contributed by atoms with Gasteiger partial charge in [0, 0.05) is 48.9 Å². The standard InChI is InChI=1S/C32H35N9O2/c1-21-15-23(6-9-28(21)43-26-10-13-39-29(18-26)33-19-35-39)37-32-31-27(11-14-40(31)36-20-34-32)22-16-24-7-8-25(17-22)41(24)30(42)5-4-12-38(2)3/h4-6,9-11,13-15,18-20,22,24-25H,7-8,12,16-17H2,1-3H3,(H,34,36,37)/b5-4+. The number of nitrogens with one attached hydrogen (secondary N) is 1. The van der Waals surface area contributed by atoms with E-state index >= 15 is 0 Å². The topological polar surface area (TPSA) is 105 Å². The van der Waals surface area contributed by atoms with Crippen molar-refractivity contribution in [1.29, 1.82) is 0 Å². The molecule has 2 saturated heterocycles. The number of hydrogen-bond acceptors (Lipinski definition) is 8. The van der Waals surface area contributed by atoms with E-state index in [1.807, 2.05) is 68.3 Å². The lowest BCUT2D eigenvalue weighted by Gasteiger charge is -2.38. The van der Waals surface area contributed by atoms with Crippen LogP contribution in [0.3, 0.4) is 0 Å². The number of likely N-dealkylation sites (N-methyl/N-ethyl adjacent to an activating group) is 1. The van der Waals surface area contributed by atoms with Gasteiger partial charge in [0.05, 0.1) is 0 Å². The van der Waals surface area contributed by atoms with Gasteiger partial charge in [-0.3, -0.25) is 4.79 Å². The van der Waals surface area contributed by atoms with Gasteiger partial charge in [0.1, 0.15) is 29.7 Å². The molecule has 2 atom stereocenters. The molecule has 5 aromatic rings. The van der Waals surface area contributed by atoms with Crippen molar-refractivity contribution < 1.29 is 9.53 Å². The van der Waals surface area contributed by atoms with E-state index in [-0.39, 0.29) is 18.0 Å². The second-order valence-electron chi connectivity index (χ2n) is 11.8. The molecule has 1 N–H and O–H groups in total. The van der Waals surface area contributed by atoms with Gasteiger partial charge in [0.25, 0.3) is 0 Å². The van der Waals surface area contributed by atoms with Gasteiger partial charge in [-0.2, -0.15) is 10.2 Å². The number of ether oxygens (including phenoxy) is 1. The summed E-state index contributed by atoms with van der Waals surface area (Å²) in [4.78, 5) is 26.1. The fourth-order valence-corrected chi connectivity index (χ4v) is 6.61. The maximum Gasteiger partial charge on any atom is 0.246 e. The number of carbonyl (C=O) groups excluding carboxylic acids is 1. The van der Waals surface area contributed by atoms with Crippen molar-refractivity contribution in [2.24, 2.45) is 0 Å². The Morgan fingerprint density at radius 3 is 2.58 bits per heavy atom. The highest BCUT2D eigenvalue weighted by Gasteiger charge is 2.43. The van der Waals surface area contributed by atoms with E-state index in [0.717, 1.165) is 66.2 Å². The second kappa shape index (κ2) is 11.1. The van der Waals surface area contributed by atoms with Crippen LogP contribution < -0.4 is 10.1 Å². The quantitative estimate of drug-likeness (QED) is 0.258. The molecule has 6 heterocycles. The van der Waals surface area contributed by atoms with Crippen molar-refractivity contribution >= 4 is 28.6 Å². The molecule has 2 aliphatic rings. The second-order valence-corrected chi connectivity index (χ2v) is 11.8. The minimum absolute atomic E-state index is 0.141. The van der Waals surface area contributed by atoms with E-state index in [0.29, 0.717) is 11.7 Å². The Bertz CT molecular complexity index is 1810. The Morgan fingerprint density at radius 1 is 1.02 bits per heavy atom. The zero-order valence-corrected chi connectivity index (χ0v) is 24.6. The van der Waals surface area contributed by atoms with Crippen molar-refractivity contribution in [3.63, 3.8) is 0 Å². The Kier molecular flexibility index (Phi) is 7.02. The van der Waals surface area contributed by atoms with E-state index in [1.54, 1.807) is 16.9 Å². The number of aryl methyl sites for hydroxylation is 1. The third-order valence-electron chi connectivity index (χ3n) is 8.56. The molecule has 7 rings (SSSR count). The molecule has 1 amide bonds. The molecule has 4 aromatic heterocycles. The van der Waals surface area contributed by atoms with Crippen LogP contribution in [0.25, 0.3) is 11.2 Å². The highest BCUT2D eigenvalue weighted by molar-refractivity contribution is 5.88. The number of fused-ring (bicyclic) bond motifs is 4. The molecular weight excluding hydrogens is 542 g/mol. The minimum atomic E-state index is 0.141. The van der Waals surface area contributed by atoms with Crippen LogP contribution in [0.15, 0.2) is 73.6 Å². The maximum atomic E-state index is 13.1. The first-order chi connectivity index (χ1) is 20.9. The molecule has 11 nitrogen and oxygen atoms in total. The summed E-state index contributed by atoms with van der Waals surface area (Å²) >= 11 is 0. The Labute approximate surface area is 249 Å². The summed E-state index contributed by atoms with van der Waals surface area (Å²) < 4.78 is 9.76. The summed E-state index contributed by atoms with van der Waals surface area (Å²) in [6.45, 7) is 2.79. The molecule has 0 aliphatic carbocycles. The monoisotopic (exact) mass is 577 g/mol. The summed E-state index contributed by atoms with van der Waals surface area (Å²) in [5.41, 5.74) is 4.84. The maximum absolute atomic E-state index is 13.1. The van der Waals surface area contributed by atoms with Crippen LogP contribution in [-0.4, -0.2) is 77.6 Å². The lowest BCUT2D eigenvalue weighted by atomic mass is 9.85. The number of piperidine rings is 1. The van der Waals surface area contributed by atoms with Crippen LogP contribution >= 0.6 is 0 Å². The Morgan fingerprint density at radius 2 is 1.79 bits per heavy atom. The molecule has 2 fully saturated rings. The number of anilines is 2. The van der Waals surface area contributed by atoms with Crippen molar-refractivity contribution in [3.8, 4) is 11.5 Å². The predicted octanol–water partition coefficient (Wildman–Crippen LogP) is 4.97. The van der Waals surface area contributed by atoms with E-state index in [4.69, 9.17) is 4.74 Å². The zero-order chi connectivity index (χ0) is 29.5. The third kappa shape index (κ3) is 5.32. The molecule has 11 heteroatoms. The van der Waals surface area contributed by atoms with Crippen molar-refractivity contribution in [3.05, 3.63) is 84.7 Å². The highest BCUT2D eigenvalue weighted by atomic mass is 16.5. The number of aromatic nitrogens is 6. The molecule has 220 valence electrons. The molecule has 1 aromatic carbocycles. The summed E-state index contributed by atoms with van der Waals surface area (Å²) in [5, 5.41) is 12.2. The van der Waals surface area contributed by atoms with Crippen LogP contribution in [0, 0.1) is 6.92 Å². The molecule has 43 heavy (non-hydrogen) atoms. The number of pyridine rings is 1. The lowest BCUT2D eigenvalue weighted by Crippen LogP contribution is -2.45. The fourth-order valence-electron chi connectivity index (χ4n) is 6.61. The van der Waals surface area contributed by atoms with Crippen molar-refractivity contribution in [2.45, 2.75) is 50.6 Å². The van der Waals surface area contributed by atoms with Crippen molar-refractivity contribution in [2.75, 3.05) is 26.0 Å². The molecule has 0 saturated carbocycles. The Hall–Kier alpha value is -4.77. The zero-order valence-electron chi connectivity index (χ0n) is 24.6. The van der Waals surface area contributed by atoms with E-state index < -0.39 is 0 Å². The van der Waals surface area contributed by atoms with E-state index in [9.17, 15) is 4.79 Å². The number of carbonyl (C=O) groups is 1. The number of rotatable bonds is 8. The largest absolute Gasteiger partial charge is 0.457 e. The first kappa shape index (κ1) is 27.1. The summed E-state index contributed by atoms with van der Waals surface area (Å²) in [7, 11) is 4.01. The van der Waals surface area contributed by atoms with Gasteiger partial charge in [-0.25, -0.2) is 19.0 Å². The molecule has 0 radical (unpaired) electrons. The van der Waals surface area contributed by atoms with Gasteiger partial charge in [-0.15, -0.1) is 0 Å². The number of benzene rings is 1. The molecule has 2 unspecified atom stereocenters. The lowest BCUT2D eigenvalue weighted by molar-refractivity contribution is -0.130. The van der Waals surface area contributed by atoms with Gasteiger partial charge in [0.2, 0.25) is 5.91 Å². The van der Waals surface area contributed by atoms with Crippen LogP contribution in [0.1, 0.15) is 42.7 Å². The molecule has 2 bridgehead atoms. The van der Waals surface area contributed by atoms with E-state index in [2.05, 4.69) is 47.4 Å². The van der Waals surface area contributed by atoms with Gasteiger partial charge in [-0.05, 0) is 94.1 Å². The summed E-state index contributed by atoms with van der Waals surface area (Å²) in [6, 6.07) is 12.4. The molecule has 2 aliphatic heterocycles. The smallest absolute Gasteiger partial charge is 0.246 e. The first-order valence-corrected chi connectivity index (χ1v) is 14.7. The van der Waals surface area contributed by atoms with Gasteiger partial charge in [0.15, 0.2) is 11.5 Å². The van der Waals surface area contributed by atoms with Gasteiger partial charge in [-0.1, -0.05) is 6.08 Å². The first-order valence-electron chi connectivity index (χ1n) is 14.7. The highest BCUT2D eigenvalue weighted by Crippen LogP contribution is 2.45. The third-order valence-corrected chi connectivity index (χ3v) is 8.56. The fraction of sp³-hybridized carbons (Fsp3) is 0.344. The SMILES string of the molecule is Cc1cc(Nc2ncnn3ccc(C4CC5CCC(C4)N5C(=O)/C=C/CN(C)C)c23)ccc1Oc1ccn2ncnc2c1. The van der Waals surface area contributed by atoms with E-state index in [1.165, 1.54) is 11.9 Å². The van der Waals surface area contributed by atoms with Crippen LogP contribution in [-0.2, 0) is 4.79 Å². The summed E-state index contributed by atoms with van der Waals surface area (Å²) in [6.07, 6.45) is 14.7. The number of nitrogens with zero attached hydrogens (tertiary/aromatic N) is 8. The van der Waals surface area contributed by atoms with Gasteiger partial charge >= 0.3 is 0 Å².